The maximum absolute atomic E-state index is 12.3. The third kappa shape index (κ3) is 2.68. The van der Waals surface area contributed by atoms with Crippen LogP contribution in [-0.4, -0.2) is 29.7 Å². The summed E-state index contributed by atoms with van der Waals surface area (Å²) in [5.41, 5.74) is -0.0755. The van der Waals surface area contributed by atoms with E-state index in [-0.39, 0.29) is 10.6 Å². The zero-order valence-corrected chi connectivity index (χ0v) is 12.6. The van der Waals surface area contributed by atoms with Gasteiger partial charge in [-0.2, -0.15) is 5.10 Å². The lowest BCUT2D eigenvalue weighted by Crippen LogP contribution is -2.17. The molecule has 0 atom stereocenters. The summed E-state index contributed by atoms with van der Waals surface area (Å²) in [7, 11) is -4.05. The average Bonchev–Trinajstić information content (AvgIpc) is 2.75. The number of carboxylic acid groups (broad SMARTS) is 1. The summed E-state index contributed by atoms with van der Waals surface area (Å²) in [4.78, 5) is 10.6. The van der Waals surface area contributed by atoms with Crippen molar-refractivity contribution in [2.24, 2.45) is 0 Å². The molecule has 1 heterocycles. The van der Waals surface area contributed by atoms with Gasteiger partial charge in [0.2, 0.25) is 0 Å². The average molecular weight is 360 g/mol. The van der Waals surface area contributed by atoms with Crippen molar-refractivity contribution in [1.29, 1.82) is 0 Å². The highest BCUT2D eigenvalue weighted by Crippen LogP contribution is 2.26. The van der Waals surface area contributed by atoms with E-state index in [9.17, 15) is 13.2 Å². The number of nitrogens with one attached hydrogen (secondary N) is 2. The Morgan fingerprint density at radius 2 is 2.05 bits per heavy atom. The summed E-state index contributed by atoms with van der Waals surface area (Å²) >= 11 is 3.21. The van der Waals surface area contributed by atoms with Crippen LogP contribution < -0.4 is 4.72 Å². The minimum Gasteiger partial charge on any atom is -0.476 e. The van der Waals surface area contributed by atoms with E-state index in [0.29, 0.717) is 10.2 Å². The Morgan fingerprint density at radius 1 is 1.40 bits per heavy atom. The molecule has 2 aromatic rings. The molecule has 0 saturated heterocycles. The number of anilines is 1. The highest BCUT2D eigenvalue weighted by molar-refractivity contribution is 9.10. The molecule has 0 radical (unpaired) electrons. The molecule has 2 rings (SSSR count). The molecule has 1 aromatic carbocycles. The highest BCUT2D eigenvalue weighted by atomic mass is 79.9. The van der Waals surface area contributed by atoms with Gasteiger partial charge in [-0.1, -0.05) is 12.1 Å². The minimum absolute atomic E-state index is 0.155. The van der Waals surface area contributed by atoms with Crippen LogP contribution in [0.3, 0.4) is 0 Å². The van der Waals surface area contributed by atoms with Crippen LogP contribution in [0.5, 0.6) is 0 Å². The molecule has 7 nitrogen and oxygen atoms in total. The number of hydrogen-bond acceptors (Lipinski definition) is 4. The largest absolute Gasteiger partial charge is 0.476 e. The molecule has 0 fully saturated rings. The minimum atomic E-state index is -4.05. The molecule has 20 heavy (non-hydrogen) atoms. The van der Waals surface area contributed by atoms with E-state index in [1.807, 2.05) is 0 Å². The lowest BCUT2D eigenvalue weighted by Gasteiger charge is -2.09. The van der Waals surface area contributed by atoms with Crippen molar-refractivity contribution in [1.82, 2.24) is 10.2 Å². The van der Waals surface area contributed by atoms with E-state index >= 15 is 0 Å². The molecule has 0 aliphatic rings. The number of carbonyl (C=O) groups is 1. The van der Waals surface area contributed by atoms with Crippen molar-refractivity contribution in [2.45, 2.75) is 11.8 Å². The molecular formula is C11H10BrN3O4S. The van der Waals surface area contributed by atoms with E-state index in [2.05, 4.69) is 30.8 Å². The summed E-state index contributed by atoms with van der Waals surface area (Å²) in [6, 6.07) is 6.60. The van der Waals surface area contributed by atoms with Gasteiger partial charge in [-0.25, -0.2) is 13.2 Å². The van der Waals surface area contributed by atoms with Crippen molar-refractivity contribution < 1.29 is 18.3 Å². The third-order valence-corrected chi connectivity index (χ3v) is 4.70. The van der Waals surface area contributed by atoms with Gasteiger partial charge in [0.05, 0.1) is 11.4 Å². The Labute approximate surface area is 123 Å². The molecule has 0 amide bonds. The molecule has 0 bridgehead atoms. The highest BCUT2D eigenvalue weighted by Gasteiger charge is 2.28. The smallest absolute Gasteiger partial charge is 0.357 e. The first-order valence-electron chi connectivity index (χ1n) is 5.38. The van der Waals surface area contributed by atoms with Crippen LogP contribution in [0, 0.1) is 6.92 Å². The van der Waals surface area contributed by atoms with Crippen LogP contribution in [0.2, 0.25) is 0 Å². The van der Waals surface area contributed by atoms with Crippen molar-refractivity contribution >= 4 is 37.6 Å². The lowest BCUT2D eigenvalue weighted by molar-refractivity contribution is 0.0686. The molecule has 3 N–H and O–H groups in total. The van der Waals surface area contributed by atoms with E-state index in [1.54, 1.807) is 24.3 Å². The zero-order valence-electron chi connectivity index (χ0n) is 10.2. The number of H-pyrrole nitrogens is 1. The van der Waals surface area contributed by atoms with Gasteiger partial charge in [-0.05, 0) is 35.0 Å². The molecule has 0 aliphatic carbocycles. The number of carboxylic acids is 1. The van der Waals surface area contributed by atoms with E-state index in [1.165, 1.54) is 6.92 Å². The molecule has 9 heteroatoms. The molecule has 0 aliphatic heterocycles. The number of aromatic carboxylic acids is 1. The first kappa shape index (κ1) is 14.5. The Kier molecular flexibility index (Phi) is 3.82. The second kappa shape index (κ2) is 5.25. The van der Waals surface area contributed by atoms with Gasteiger partial charge in [0.15, 0.2) is 5.69 Å². The monoisotopic (exact) mass is 359 g/mol. The number of aryl methyl sites for hydroxylation is 1. The maximum Gasteiger partial charge on any atom is 0.357 e. The number of halogens is 1. The molecule has 1 aromatic heterocycles. The summed E-state index contributed by atoms with van der Waals surface area (Å²) in [6.07, 6.45) is 0. The Bertz CT molecular complexity index is 770. The van der Waals surface area contributed by atoms with Gasteiger partial charge in [-0.3, -0.25) is 9.82 Å². The Balaban J connectivity index is 2.49. The number of aromatic nitrogens is 2. The number of benzene rings is 1. The Hall–Kier alpha value is -1.87. The standard InChI is InChI=1S/C11H10BrN3O4S/c1-6-10(9(11(16)17)14-13-6)20(18,19)15-8-5-3-2-4-7(8)12/h2-5,15H,1H3,(H,13,14)(H,16,17). The van der Waals surface area contributed by atoms with Crippen LogP contribution in [0.15, 0.2) is 33.6 Å². The van der Waals surface area contributed by atoms with Gasteiger partial charge in [0.1, 0.15) is 4.90 Å². The zero-order chi connectivity index (χ0) is 14.9. The quantitative estimate of drug-likeness (QED) is 0.772. The van der Waals surface area contributed by atoms with E-state index < -0.39 is 21.7 Å². The normalized spacial score (nSPS) is 11.3. The third-order valence-electron chi connectivity index (χ3n) is 2.48. The number of nitrogens with zero attached hydrogens (tertiary/aromatic N) is 1. The number of rotatable bonds is 4. The number of para-hydroxylation sites is 1. The number of aromatic amines is 1. The second-order valence-electron chi connectivity index (χ2n) is 3.92. The van der Waals surface area contributed by atoms with Crippen LogP contribution in [0.25, 0.3) is 0 Å². The predicted octanol–water partition coefficient (Wildman–Crippen LogP) is 1.98. The fraction of sp³-hybridized carbons (Fsp3) is 0.0909. The van der Waals surface area contributed by atoms with Crippen LogP contribution in [0.1, 0.15) is 16.2 Å². The van der Waals surface area contributed by atoms with Crippen LogP contribution in [-0.2, 0) is 10.0 Å². The van der Waals surface area contributed by atoms with Crippen molar-refractivity contribution in [3.05, 3.63) is 40.1 Å². The molecular weight excluding hydrogens is 350 g/mol. The van der Waals surface area contributed by atoms with Gasteiger partial charge >= 0.3 is 5.97 Å². The molecule has 0 saturated carbocycles. The fourth-order valence-corrected chi connectivity index (χ4v) is 3.55. The summed E-state index contributed by atoms with van der Waals surface area (Å²) < 4.78 is 27.5. The van der Waals surface area contributed by atoms with Crippen molar-refractivity contribution in [3.63, 3.8) is 0 Å². The fourth-order valence-electron chi connectivity index (χ4n) is 1.63. The first-order chi connectivity index (χ1) is 9.33. The lowest BCUT2D eigenvalue weighted by atomic mass is 10.3. The van der Waals surface area contributed by atoms with Crippen molar-refractivity contribution in [2.75, 3.05) is 4.72 Å². The maximum atomic E-state index is 12.3. The molecule has 0 spiro atoms. The second-order valence-corrected chi connectivity index (χ2v) is 6.39. The number of sulfonamides is 1. The van der Waals surface area contributed by atoms with Gasteiger partial charge in [0.25, 0.3) is 10.0 Å². The number of hydrogen-bond donors (Lipinski definition) is 3. The van der Waals surface area contributed by atoms with Crippen LogP contribution >= 0.6 is 15.9 Å². The van der Waals surface area contributed by atoms with Gasteiger partial charge in [-0.15, -0.1) is 0 Å². The van der Waals surface area contributed by atoms with E-state index in [4.69, 9.17) is 5.11 Å². The van der Waals surface area contributed by atoms with Gasteiger partial charge in [0, 0.05) is 4.47 Å². The predicted molar refractivity (Wildman–Crippen MR) is 75.2 cm³/mol. The Morgan fingerprint density at radius 3 is 2.65 bits per heavy atom. The van der Waals surface area contributed by atoms with Gasteiger partial charge < -0.3 is 5.11 Å². The summed E-state index contributed by atoms with van der Waals surface area (Å²) in [5.74, 6) is -1.41. The molecule has 106 valence electrons. The van der Waals surface area contributed by atoms with E-state index in [0.717, 1.165) is 0 Å². The SMILES string of the molecule is Cc1[nH]nc(C(=O)O)c1S(=O)(=O)Nc1ccccc1Br. The van der Waals surface area contributed by atoms with Crippen LogP contribution in [0.4, 0.5) is 5.69 Å². The topological polar surface area (TPSA) is 112 Å². The van der Waals surface area contributed by atoms with Crippen molar-refractivity contribution in [3.8, 4) is 0 Å². The summed E-state index contributed by atoms with van der Waals surface area (Å²) in [5, 5.41) is 14.8. The first-order valence-corrected chi connectivity index (χ1v) is 7.66. The molecule has 0 unspecified atom stereocenters. The summed E-state index contributed by atoms with van der Waals surface area (Å²) in [6.45, 7) is 1.44.